The minimum Gasteiger partial charge on any atom is -0.465 e. The molecule has 3 aliphatic heterocycles. The van der Waals surface area contributed by atoms with Crippen molar-refractivity contribution in [3.8, 4) is 0 Å². The first-order chi connectivity index (χ1) is 12.7. The van der Waals surface area contributed by atoms with E-state index in [9.17, 15) is 14.4 Å². The van der Waals surface area contributed by atoms with E-state index in [1.807, 2.05) is 20.8 Å². The maximum absolute atomic E-state index is 13.5. The first-order valence-electron chi connectivity index (χ1n) is 9.95. The van der Waals surface area contributed by atoms with E-state index in [0.29, 0.717) is 19.6 Å². The molecule has 146 valence electrons. The van der Waals surface area contributed by atoms with Crippen LogP contribution in [0.4, 0.5) is 0 Å². The molecule has 0 amide bonds. The third-order valence-corrected chi connectivity index (χ3v) is 8.23. The van der Waals surface area contributed by atoms with Crippen molar-refractivity contribution < 1.29 is 28.6 Å². The number of esters is 2. The van der Waals surface area contributed by atoms with Gasteiger partial charge in [0.1, 0.15) is 12.4 Å². The third-order valence-electron chi connectivity index (χ3n) is 8.23. The topological polar surface area (TPSA) is 78.9 Å². The summed E-state index contributed by atoms with van der Waals surface area (Å²) in [4.78, 5) is 37.5. The van der Waals surface area contributed by atoms with Crippen molar-refractivity contribution in [3.63, 3.8) is 0 Å². The van der Waals surface area contributed by atoms with Crippen molar-refractivity contribution in [1.29, 1.82) is 0 Å². The molecular weight excluding hydrogens is 348 g/mol. The second kappa shape index (κ2) is 5.22. The number of carbonyl (C=O) groups excluding carboxylic acids is 3. The van der Waals surface area contributed by atoms with Crippen LogP contribution in [0, 0.1) is 28.6 Å². The fraction of sp³-hybridized carbons (Fsp3) is 0.762. The van der Waals surface area contributed by atoms with Crippen molar-refractivity contribution in [1.82, 2.24) is 0 Å². The fourth-order valence-corrected chi connectivity index (χ4v) is 7.06. The number of hydrogen-bond acceptors (Lipinski definition) is 6. The van der Waals surface area contributed by atoms with Crippen LogP contribution in [0.1, 0.15) is 46.5 Å². The zero-order valence-electron chi connectivity index (χ0n) is 16.1. The molecule has 2 saturated carbocycles. The Hall–Kier alpha value is -1.69. The molecule has 6 atom stereocenters. The lowest BCUT2D eigenvalue weighted by molar-refractivity contribution is -0.186. The van der Waals surface area contributed by atoms with Gasteiger partial charge < -0.3 is 14.2 Å². The Morgan fingerprint density at radius 3 is 2.56 bits per heavy atom. The number of hydrogen-bond donors (Lipinski definition) is 0. The van der Waals surface area contributed by atoms with Crippen LogP contribution < -0.4 is 0 Å². The van der Waals surface area contributed by atoms with Gasteiger partial charge in [-0.3, -0.25) is 9.59 Å². The molecule has 6 heteroatoms. The number of ketones is 1. The highest BCUT2D eigenvalue weighted by Crippen LogP contribution is 2.69. The van der Waals surface area contributed by atoms with E-state index < -0.39 is 11.0 Å². The van der Waals surface area contributed by atoms with Gasteiger partial charge in [-0.1, -0.05) is 0 Å². The highest BCUT2D eigenvalue weighted by molar-refractivity contribution is 5.93. The van der Waals surface area contributed by atoms with Crippen LogP contribution in [0.2, 0.25) is 0 Å². The van der Waals surface area contributed by atoms with E-state index in [1.54, 1.807) is 6.08 Å². The molecule has 3 heterocycles. The van der Waals surface area contributed by atoms with E-state index >= 15 is 0 Å². The summed E-state index contributed by atoms with van der Waals surface area (Å²) >= 11 is 0. The van der Waals surface area contributed by atoms with Gasteiger partial charge in [-0.25, -0.2) is 4.79 Å². The molecule has 5 rings (SSSR count). The molecule has 1 spiro atoms. The Morgan fingerprint density at radius 1 is 1.00 bits per heavy atom. The van der Waals surface area contributed by atoms with E-state index in [2.05, 4.69) is 0 Å². The summed E-state index contributed by atoms with van der Waals surface area (Å²) in [6.07, 6.45) is 3.69. The van der Waals surface area contributed by atoms with Crippen molar-refractivity contribution in [2.75, 3.05) is 13.2 Å². The maximum atomic E-state index is 13.5. The summed E-state index contributed by atoms with van der Waals surface area (Å²) in [5.74, 6) is -0.269. The minimum absolute atomic E-state index is 0.00419. The second-order valence-electron chi connectivity index (χ2n) is 9.63. The Kier molecular flexibility index (Phi) is 3.37. The Labute approximate surface area is 158 Å². The highest BCUT2D eigenvalue weighted by atomic mass is 16.6. The van der Waals surface area contributed by atoms with Crippen LogP contribution in [0.5, 0.6) is 0 Å². The molecule has 27 heavy (non-hydrogen) atoms. The Morgan fingerprint density at radius 2 is 1.78 bits per heavy atom. The predicted octanol–water partition coefficient (Wildman–Crippen LogP) is 2.20. The number of cyclic esters (lactones) is 2. The Balaban J connectivity index is 1.68. The molecule has 6 unspecified atom stereocenters. The fourth-order valence-electron chi connectivity index (χ4n) is 7.06. The van der Waals surface area contributed by atoms with Gasteiger partial charge in [-0.05, 0) is 45.1 Å². The molecule has 6 nitrogen and oxygen atoms in total. The number of fused-ring (bicyclic) bond motifs is 3. The van der Waals surface area contributed by atoms with Gasteiger partial charge in [0.2, 0.25) is 0 Å². The van der Waals surface area contributed by atoms with Crippen molar-refractivity contribution in [3.05, 3.63) is 11.6 Å². The van der Waals surface area contributed by atoms with Crippen LogP contribution in [-0.2, 0) is 28.6 Å². The van der Waals surface area contributed by atoms with E-state index in [0.717, 1.165) is 18.4 Å². The van der Waals surface area contributed by atoms with Crippen LogP contribution in [0.25, 0.3) is 0 Å². The number of ether oxygens (including phenoxy) is 3. The van der Waals surface area contributed by atoms with Gasteiger partial charge in [0, 0.05) is 29.7 Å². The average Bonchev–Trinajstić information content (AvgIpc) is 2.82. The largest absolute Gasteiger partial charge is 0.465 e. The lowest BCUT2D eigenvalue weighted by Crippen LogP contribution is -2.64. The van der Waals surface area contributed by atoms with Gasteiger partial charge in [-0.2, -0.15) is 0 Å². The average molecular weight is 374 g/mol. The first kappa shape index (κ1) is 17.4. The summed E-state index contributed by atoms with van der Waals surface area (Å²) in [6.45, 7) is 6.72. The van der Waals surface area contributed by atoms with Crippen molar-refractivity contribution >= 4 is 17.7 Å². The number of rotatable bonds is 0. The molecule has 0 aromatic carbocycles. The number of carbonyl (C=O) groups is 3. The number of Topliss-reactive ketones (excluding diaryl/α,β-unsaturated/α-hetero) is 1. The predicted molar refractivity (Wildman–Crippen MR) is 93.4 cm³/mol. The monoisotopic (exact) mass is 374 g/mol. The van der Waals surface area contributed by atoms with Crippen LogP contribution in [0.3, 0.4) is 0 Å². The quantitative estimate of drug-likeness (QED) is 0.605. The standard InChI is InChI=1S/C21H26O6/c1-19(2)14-7-15(22)20(3)12-6-17(23)25-9-11(12)4-5-13(20)21(14)10-26-18(24)8-16(21)27-19/h6,11,13-14,16H,4-5,7-10H2,1-3H3. The summed E-state index contributed by atoms with van der Waals surface area (Å²) in [6, 6.07) is 0. The van der Waals surface area contributed by atoms with Crippen LogP contribution in [-0.4, -0.2) is 42.6 Å². The summed E-state index contributed by atoms with van der Waals surface area (Å²) < 4.78 is 17.2. The molecule has 5 aliphatic rings. The third kappa shape index (κ3) is 2.02. The Bertz CT molecular complexity index is 782. The van der Waals surface area contributed by atoms with Crippen LogP contribution in [0.15, 0.2) is 11.6 Å². The molecule has 0 bridgehead atoms. The lowest BCUT2D eigenvalue weighted by Gasteiger charge is -2.60. The van der Waals surface area contributed by atoms with E-state index in [-0.39, 0.29) is 53.4 Å². The maximum Gasteiger partial charge on any atom is 0.330 e. The van der Waals surface area contributed by atoms with Gasteiger partial charge in [0.25, 0.3) is 0 Å². The normalized spacial score (nSPS) is 47.7. The zero-order valence-corrected chi connectivity index (χ0v) is 16.1. The molecular formula is C21H26O6. The van der Waals surface area contributed by atoms with Gasteiger partial charge in [0.05, 0.1) is 30.1 Å². The molecule has 0 N–H and O–H groups in total. The van der Waals surface area contributed by atoms with Gasteiger partial charge in [0.15, 0.2) is 0 Å². The molecule has 4 fully saturated rings. The van der Waals surface area contributed by atoms with E-state index in [4.69, 9.17) is 14.2 Å². The molecule has 2 aliphatic carbocycles. The van der Waals surface area contributed by atoms with Crippen LogP contribution >= 0.6 is 0 Å². The van der Waals surface area contributed by atoms with E-state index in [1.165, 1.54) is 0 Å². The molecule has 0 aromatic heterocycles. The first-order valence-corrected chi connectivity index (χ1v) is 9.95. The zero-order chi connectivity index (χ0) is 19.2. The molecule has 0 radical (unpaired) electrons. The SMILES string of the molecule is CC1(C)OC2CC(=O)OCC23C1CC(=O)C1(C)C2=CC(=O)OCC2CCC13. The smallest absolute Gasteiger partial charge is 0.330 e. The second-order valence-corrected chi connectivity index (χ2v) is 9.63. The lowest BCUT2D eigenvalue weighted by atomic mass is 9.42. The van der Waals surface area contributed by atoms with Gasteiger partial charge in [-0.15, -0.1) is 0 Å². The molecule has 0 aromatic rings. The highest BCUT2D eigenvalue weighted by Gasteiger charge is 2.73. The minimum atomic E-state index is -0.718. The van der Waals surface area contributed by atoms with Crippen molar-refractivity contribution in [2.24, 2.45) is 28.6 Å². The summed E-state index contributed by atoms with van der Waals surface area (Å²) in [5, 5.41) is 0. The summed E-state index contributed by atoms with van der Waals surface area (Å²) in [7, 11) is 0. The summed E-state index contributed by atoms with van der Waals surface area (Å²) in [5.41, 5.74) is -0.641. The van der Waals surface area contributed by atoms with Crippen molar-refractivity contribution in [2.45, 2.75) is 58.2 Å². The van der Waals surface area contributed by atoms with Gasteiger partial charge >= 0.3 is 11.9 Å². The molecule has 2 saturated heterocycles.